The van der Waals surface area contributed by atoms with Gasteiger partial charge < -0.3 is 19.3 Å². The van der Waals surface area contributed by atoms with Crippen LogP contribution in [-0.4, -0.2) is 24.6 Å². The molecule has 0 saturated carbocycles. The molecule has 7 nitrogen and oxygen atoms in total. The highest BCUT2D eigenvalue weighted by molar-refractivity contribution is 7.89. The van der Waals surface area contributed by atoms with Crippen molar-refractivity contribution in [2.24, 2.45) is 0 Å². The zero-order chi connectivity index (χ0) is 26.6. The Morgan fingerprint density at radius 2 is 1.83 bits per heavy atom. The summed E-state index contributed by atoms with van der Waals surface area (Å²) in [7, 11) is 2.60. The summed E-state index contributed by atoms with van der Waals surface area (Å²) in [6, 6.07) is 10.4. The van der Waals surface area contributed by atoms with Gasteiger partial charge in [-0.15, -0.1) is 4.72 Å². The van der Waals surface area contributed by atoms with Gasteiger partial charge in [-0.25, -0.2) is 4.39 Å². The van der Waals surface area contributed by atoms with E-state index in [0.29, 0.717) is 6.07 Å². The average molecular weight is 542 g/mol. The summed E-state index contributed by atoms with van der Waals surface area (Å²) in [4.78, 5) is 12.8. The Morgan fingerprint density at radius 1 is 1.11 bits per heavy atom. The Kier molecular flexibility index (Phi) is 8.31. The second kappa shape index (κ2) is 11.0. The highest BCUT2D eigenvalue weighted by atomic mass is 35.5. The number of carbonyl (C=O) groups excluding carboxylic acids is 1. The van der Waals surface area contributed by atoms with Crippen LogP contribution in [0.15, 0.2) is 53.4 Å². The van der Waals surface area contributed by atoms with Crippen molar-refractivity contribution in [3.05, 3.63) is 76.1 Å². The molecule has 0 heterocycles. The van der Waals surface area contributed by atoms with E-state index >= 15 is 0 Å². The SMILES string of the molecule is CN[S@+]([O-])c1cc(NC(=O)c2cc(Cl)c(C(F)(F)F)cc2Oc2ccc(C#N)cc2OC)ccc1F. The van der Waals surface area contributed by atoms with E-state index in [-0.39, 0.29) is 33.2 Å². The molecule has 3 aromatic rings. The molecule has 3 rings (SSSR count). The molecule has 0 aliphatic carbocycles. The van der Waals surface area contributed by atoms with Crippen LogP contribution >= 0.6 is 11.6 Å². The van der Waals surface area contributed by atoms with Crippen molar-refractivity contribution in [3.8, 4) is 23.3 Å². The number of rotatable bonds is 7. The molecule has 188 valence electrons. The molecule has 13 heteroatoms. The van der Waals surface area contributed by atoms with Crippen LogP contribution in [0.2, 0.25) is 5.02 Å². The Bertz CT molecular complexity index is 1350. The number of carbonyl (C=O) groups is 1. The lowest BCUT2D eigenvalue weighted by atomic mass is 10.1. The van der Waals surface area contributed by atoms with Crippen molar-refractivity contribution in [1.82, 2.24) is 4.72 Å². The molecule has 0 aliphatic rings. The summed E-state index contributed by atoms with van der Waals surface area (Å²) in [6.45, 7) is 0. The number of methoxy groups -OCH3 is 1. The van der Waals surface area contributed by atoms with Crippen molar-refractivity contribution >= 4 is 34.6 Å². The number of hydrogen-bond acceptors (Lipinski definition) is 6. The van der Waals surface area contributed by atoms with Gasteiger partial charge in [-0.3, -0.25) is 4.79 Å². The zero-order valence-electron chi connectivity index (χ0n) is 18.5. The van der Waals surface area contributed by atoms with Gasteiger partial charge in [0, 0.05) is 24.9 Å². The van der Waals surface area contributed by atoms with Crippen LogP contribution in [0.4, 0.5) is 23.2 Å². The number of ether oxygens (including phenoxy) is 2. The summed E-state index contributed by atoms with van der Waals surface area (Å²) in [5.74, 6) is -2.30. The van der Waals surface area contributed by atoms with E-state index in [1.54, 1.807) is 0 Å². The van der Waals surface area contributed by atoms with Crippen LogP contribution in [0.1, 0.15) is 21.5 Å². The van der Waals surface area contributed by atoms with Crippen molar-refractivity contribution in [3.63, 3.8) is 0 Å². The van der Waals surface area contributed by atoms with Gasteiger partial charge in [0.25, 0.3) is 5.91 Å². The molecule has 0 radical (unpaired) electrons. The third kappa shape index (κ3) is 6.00. The minimum Gasteiger partial charge on any atom is -0.593 e. The molecule has 1 amide bonds. The van der Waals surface area contributed by atoms with E-state index in [4.69, 9.17) is 26.3 Å². The number of benzene rings is 3. The third-order valence-corrected chi connectivity index (χ3v) is 6.10. The molecule has 0 saturated heterocycles. The summed E-state index contributed by atoms with van der Waals surface area (Å²) >= 11 is 3.92. The van der Waals surface area contributed by atoms with Crippen LogP contribution in [0.3, 0.4) is 0 Å². The maximum absolute atomic E-state index is 14.0. The Balaban J connectivity index is 2.07. The topological polar surface area (TPSA) is 106 Å². The Morgan fingerprint density at radius 3 is 2.44 bits per heavy atom. The molecule has 0 aromatic heterocycles. The van der Waals surface area contributed by atoms with E-state index < -0.39 is 45.6 Å². The van der Waals surface area contributed by atoms with Crippen LogP contribution in [-0.2, 0) is 17.5 Å². The van der Waals surface area contributed by atoms with Gasteiger partial charge in [-0.05, 0) is 36.4 Å². The largest absolute Gasteiger partial charge is 0.593 e. The van der Waals surface area contributed by atoms with Crippen molar-refractivity contribution in [2.75, 3.05) is 19.5 Å². The molecule has 1 atom stereocenters. The maximum atomic E-state index is 14.0. The first-order chi connectivity index (χ1) is 17.0. The monoisotopic (exact) mass is 541 g/mol. The first-order valence-electron chi connectivity index (χ1n) is 9.85. The van der Waals surface area contributed by atoms with Gasteiger partial charge in [0.15, 0.2) is 17.3 Å². The lowest BCUT2D eigenvalue weighted by molar-refractivity contribution is -0.137. The Hall–Kier alpha value is -3.50. The van der Waals surface area contributed by atoms with Gasteiger partial charge >= 0.3 is 6.18 Å². The number of nitrogens with one attached hydrogen (secondary N) is 2. The van der Waals surface area contributed by atoms with Gasteiger partial charge in [-0.1, -0.05) is 11.6 Å². The average Bonchev–Trinajstić information content (AvgIpc) is 2.84. The smallest absolute Gasteiger partial charge is 0.417 e. The number of anilines is 1. The van der Waals surface area contributed by atoms with Crippen molar-refractivity contribution in [2.45, 2.75) is 11.1 Å². The number of halogens is 5. The van der Waals surface area contributed by atoms with Crippen molar-refractivity contribution < 1.29 is 36.4 Å². The number of nitrogens with zero attached hydrogens (tertiary/aromatic N) is 1. The molecule has 0 bridgehead atoms. The fourth-order valence-electron chi connectivity index (χ4n) is 3.00. The molecule has 0 unspecified atom stereocenters. The quantitative estimate of drug-likeness (QED) is 0.295. The van der Waals surface area contributed by atoms with Crippen LogP contribution in [0.5, 0.6) is 17.2 Å². The van der Waals surface area contributed by atoms with Gasteiger partial charge in [0.2, 0.25) is 4.90 Å². The number of hydrogen-bond donors (Lipinski definition) is 2. The molecular formula is C23H16ClF4N3O4S. The highest BCUT2D eigenvalue weighted by Gasteiger charge is 2.35. The second-order valence-electron chi connectivity index (χ2n) is 6.98. The summed E-state index contributed by atoms with van der Waals surface area (Å²) in [5.41, 5.74) is -1.43. The fourth-order valence-corrected chi connectivity index (χ4v) is 3.97. The third-order valence-electron chi connectivity index (χ3n) is 4.71. The predicted octanol–water partition coefficient (Wildman–Crippen LogP) is 5.66. The standard InChI is InChI=1S/C23H16ClF4N3O4S/c1-30-36(33)21-8-13(4-5-17(21)25)31-22(32)14-9-16(24)15(23(26,27)28)10-19(14)35-18-6-3-12(11-29)7-20(18)34-2/h3-10,30H,1-2H3,(H,31,32)/t36-/m1/s1. The lowest BCUT2D eigenvalue weighted by Crippen LogP contribution is -2.20. The highest BCUT2D eigenvalue weighted by Crippen LogP contribution is 2.41. The second-order valence-corrected chi connectivity index (χ2v) is 8.77. The Labute approximate surface area is 210 Å². The van der Waals surface area contributed by atoms with Gasteiger partial charge in [-0.2, -0.15) is 18.4 Å². The van der Waals surface area contributed by atoms with E-state index in [1.165, 1.54) is 38.4 Å². The zero-order valence-corrected chi connectivity index (χ0v) is 20.1. The van der Waals surface area contributed by atoms with Crippen LogP contribution in [0, 0.1) is 17.1 Å². The normalized spacial score (nSPS) is 12.0. The van der Waals surface area contributed by atoms with E-state index in [1.807, 2.05) is 6.07 Å². The molecule has 0 aliphatic heterocycles. The minimum atomic E-state index is -4.86. The molecule has 2 N–H and O–H groups in total. The van der Waals surface area contributed by atoms with E-state index in [0.717, 1.165) is 18.2 Å². The number of nitriles is 1. The minimum absolute atomic E-state index is 0.0120. The number of alkyl halides is 3. The fraction of sp³-hybridized carbons (Fsp3) is 0.130. The predicted molar refractivity (Wildman–Crippen MR) is 124 cm³/mol. The summed E-state index contributed by atoms with van der Waals surface area (Å²) in [5, 5.41) is 10.7. The molecule has 36 heavy (non-hydrogen) atoms. The molecular weight excluding hydrogens is 526 g/mol. The molecule has 0 spiro atoms. The van der Waals surface area contributed by atoms with E-state index in [2.05, 4.69) is 10.0 Å². The van der Waals surface area contributed by atoms with Gasteiger partial charge in [0.05, 0.1) is 46.3 Å². The van der Waals surface area contributed by atoms with E-state index in [9.17, 15) is 26.9 Å². The van der Waals surface area contributed by atoms with Crippen LogP contribution in [0.25, 0.3) is 0 Å². The van der Waals surface area contributed by atoms with Gasteiger partial charge in [0.1, 0.15) is 5.75 Å². The maximum Gasteiger partial charge on any atom is 0.417 e. The summed E-state index contributed by atoms with van der Waals surface area (Å²) in [6.07, 6.45) is -4.86. The lowest BCUT2D eigenvalue weighted by Gasteiger charge is -2.17. The first kappa shape index (κ1) is 27.1. The molecule has 3 aromatic carbocycles. The van der Waals surface area contributed by atoms with Crippen molar-refractivity contribution in [1.29, 1.82) is 5.26 Å². The summed E-state index contributed by atoms with van der Waals surface area (Å²) < 4.78 is 79.6. The molecule has 0 fully saturated rings. The number of amides is 1. The van der Waals surface area contributed by atoms with Crippen LogP contribution < -0.4 is 19.5 Å². The first-order valence-corrected chi connectivity index (χ1v) is 11.4.